The van der Waals surface area contributed by atoms with Crippen LogP contribution in [-0.2, 0) is 6.42 Å². The lowest BCUT2D eigenvalue weighted by atomic mass is 9.71. The molecule has 0 heterocycles. The Labute approximate surface area is 119 Å². The van der Waals surface area contributed by atoms with Gasteiger partial charge in [-0.25, -0.2) is 0 Å². The third kappa shape index (κ3) is 2.09. The van der Waals surface area contributed by atoms with Gasteiger partial charge < -0.3 is 4.74 Å². The first-order valence-corrected chi connectivity index (χ1v) is 6.93. The number of hydrogen-bond donors (Lipinski definition) is 2. The van der Waals surface area contributed by atoms with Gasteiger partial charge in [0.2, 0.25) is 0 Å². The average Bonchev–Trinajstić information content (AvgIpc) is 2.45. The zero-order chi connectivity index (χ0) is 14.1. The minimum atomic E-state index is 0.149. The van der Waals surface area contributed by atoms with Gasteiger partial charge in [-0.3, -0.25) is 11.3 Å². The highest BCUT2D eigenvalue weighted by Crippen LogP contribution is 2.44. The molecular formula is C17H20N2O. The molecule has 0 fully saturated rings. The van der Waals surface area contributed by atoms with Gasteiger partial charge in [-0.2, -0.15) is 0 Å². The van der Waals surface area contributed by atoms with E-state index in [2.05, 4.69) is 48.7 Å². The molecule has 2 atom stereocenters. The average molecular weight is 268 g/mol. The summed E-state index contributed by atoms with van der Waals surface area (Å²) in [6, 6.07) is 14.9. The van der Waals surface area contributed by atoms with Crippen LogP contribution in [0.5, 0.6) is 5.75 Å². The zero-order valence-corrected chi connectivity index (χ0v) is 11.9. The largest absolute Gasteiger partial charge is 0.497 e. The Kier molecular flexibility index (Phi) is 3.47. The van der Waals surface area contributed by atoms with Crippen LogP contribution in [0.2, 0.25) is 0 Å². The number of benzene rings is 2. The Morgan fingerprint density at radius 2 is 2.05 bits per heavy atom. The molecule has 0 spiro atoms. The lowest BCUT2D eigenvalue weighted by Gasteiger charge is -2.37. The van der Waals surface area contributed by atoms with Crippen molar-refractivity contribution in [2.45, 2.75) is 25.3 Å². The van der Waals surface area contributed by atoms with Gasteiger partial charge in [0, 0.05) is 5.92 Å². The van der Waals surface area contributed by atoms with E-state index in [9.17, 15) is 0 Å². The Morgan fingerprint density at radius 1 is 1.25 bits per heavy atom. The van der Waals surface area contributed by atoms with Gasteiger partial charge in [-0.05, 0) is 47.7 Å². The summed E-state index contributed by atoms with van der Waals surface area (Å²) in [5, 5.41) is 0. The van der Waals surface area contributed by atoms with E-state index in [1.807, 2.05) is 6.07 Å². The van der Waals surface area contributed by atoms with E-state index in [0.717, 1.165) is 12.2 Å². The van der Waals surface area contributed by atoms with Crippen molar-refractivity contribution in [3.05, 3.63) is 64.7 Å². The topological polar surface area (TPSA) is 47.3 Å². The molecule has 1 aliphatic carbocycles. The fourth-order valence-electron chi connectivity index (χ4n) is 3.14. The molecule has 20 heavy (non-hydrogen) atoms. The number of hydrazine groups is 1. The van der Waals surface area contributed by atoms with Gasteiger partial charge in [0.1, 0.15) is 5.75 Å². The van der Waals surface area contributed by atoms with E-state index in [1.165, 1.54) is 22.3 Å². The van der Waals surface area contributed by atoms with Crippen LogP contribution in [-0.4, -0.2) is 7.11 Å². The summed E-state index contributed by atoms with van der Waals surface area (Å²) in [5.74, 6) is 7.16. The lowest BCUT2D eigenvalue weighted by Crippen LogP contribution is -2.37. The second kappa shape index (κ2) is 5.27. The predicted molar refractivity (Wildman–Crippen MR) is 80.7 cm³/mol. The standard InChI is InChI=1S/C17H20N2O/c1-11-9-13(20-2)7-8-14(11)17(19-18)16-10-12-5-3-4-6-15(12)16/h3-9,16-17,19H,10,18H2,1-2H3. The van der Waals surface area contributed by atoms with E-state index in [1.54, 1.807) is 7.11 Å². The molecule has 0 aromatic heterocycles. The van der Waals surface area contributed by atoms with Gasteiger partial charge in [0.15, 0.2) is 0 Å². The second-order valence-electron chi connectivity index (χ2n) is 5.38. The van der Waals surface area contributed by atoms with Gasteiger partial charge in [-0.1, -0.05) is 30.3 Å². The monoisotopic (exact) mass is 268 g/mol. The smallest absolute Gasteiger partial charge is 0.119 e. The van der Waals surface area contributed by atoms with Gasteiger partial charge in [0.05, 0.1) is 13.2 Å². The summed E-state index contributed by atoms with van der Waals surface area (Å²) in [6.07, 6.45) is 1.08. The number of nitrogens with two attached hydrogens (primary N) is 1. The number of aryl methyl sites for hydroxylation is 1. The van der Waals surface area contributed by atoms with E-state index in [-0.39, 0.29) is 6.04 Å². The molecule has 0 aliphatic heterocycles. The quantitative estimate of drug-likeness (QED) is 0.662. The Hall–Kier alpha value is -1.84. The summed E-state index contributed by atoms with van der Waals surface area (Å²) in [5.41, 5.74) is 8.29. The van der Waals surface area contributed by atoms with E-state index in [0.29, 0.717) is 5.92 Å². The molecule has 0 radical (unpaired) electrons. The number of fused-ring (bicyclic) bond motifs is 1. The summed E-state index contributed by atoms with van der Waals surface area (Å²) in [7, 11) is 1.69. The first-order valence-electron chi connectivity index (χ1n) is 6.93. The first-order chi connectivity index (χ1) is 9.74. The Morgan fingerprint density at radius 3 is 2.70 bits per heavy atom. The van der Waals surface area contributed by atoms with Crippen molar-refractivity contribution in [3.8, 4) is 5.75 Å². The molecule has 3 N–H and O–H groups in total. The molecule has 2 unspecified atom stereocenters. The number of rotatable bonds is 4. The molecule has 104 valence electrons. The highest BCUT2D eigenvalue weighted by molar-refractivity contribution is 5.45. The van der Waals surface area contributed by atoms with Crippen LogP contribution in [0.15, 0.2) is 42.5 Å². The fraction of sp³-hybridized carbons (Fsp3) is 0.294. The predicted octanol–water partition coefficient (Wildman–Crippen LogP) is 2.85. The summed E-state index contributed by atoms with van der Waals surface area (Å²) < 4.78 is 5.27. The minimum absolute atomic E-state index is 0.149. The summed E-state index contributed by atoms with van der Waals surface area (Å²) in [4.78, 5) is 0. The second-order valence-corrected chi connectivity index (χ2v) is 5.38. The summed E-state index contributed by atoms with van der Waals surface area (Å²) in [6.45, 7) is 2.10. The van der Waals surface area contributed by atoms with Crippen LogP contribution in [0.25, 0.3) is 0 Å². The molecule has 3 nitrogen and oxygen atoms in total. The minimum Gasteiger partial charge on any atom is -0.497 e. The molecule has 0 saturated heterocycles. The van der Waals surface area contributed by atoms with Crippen LogP contribution in [0, 0.1) is 6.92 Å². The van der Waals surface area contributed by atoms with Gasteiger partial charge in [-0.15, -0.1) is 0 Å². The fourth-order valence-corrected chi connectivity index (χ4v) is 3.14. The lowest BCUT2D eigenvalue weighted by molar-refractivity contribution is 0.407. The summed E-state index contributed by atoms with van der Waals surface area (Å²) >= 11 is 0. The van der Waals surface area contributed by atoms with Crippen molar-refractivity contribution in [2.24, 2.45) is 5.84 Å². The van der Waals surface area contributed by atoms with Crippen LogP contribution < -0.4 is 16.0 Å². The molecule has 3 rings (SSSR count). The van der Waals surface area contributed by atoms with Crippen molar-refractivity contribution in [1.82, 2.24) is 5.43 Å². The van der Waals surface area contributed by atoms with Crippen LogP contribution in [0.3, 0.4) is 0 Å². The number of hydrogen-bond acceptors (Lipinski definition) is 3. The highest BCUT2D eigenvalue weighted by atomic mass is 16.5. The molecule has 3 heteroatoms. The van der Waals surface area contributed by atoms with Crippen molar-refractivity contribution in [1.29, 1.82) is 0 Å². The van der Waals surface area contributed by atoms with Gasteiger partial charge in [0.25, 0.3) is 0 Å². The highest BCUT2D eigenvalue weighted by Gasteiger charge is 2.33. The van der Waals surface area contributed by atoms with Crippen LogP contribution >= 0.6 is 0 Å². The third-order valence-electron chi connectivity index (χ3n) is 4.29. The normalized spacial score (nSPS) is 18.1. The molecule has 2 aromatic carbocycles. The van der Waals surface area contributed by atoms with Crippen molar-refractivity contribution in [3.63, 3.8) is 0 Å². The number of ether oxygens (including phenoxy) is 1. The maximum Gasteiger partial charge on any atom is 0.119 e. The van der Waals surface area contributed by atoms with Crippen molar-refractivity contribution < 1.29 is 4.74 Å². The van der Waals surface area contributed by atoms with E-state index in [4.69, 9.17) is 10.6 Å². The van der Waals surface area contributed by atoms with Crippen molar-refractivity contribution in [2.75, 3.05) is 7.11 Å². The van der Waals surface area contributed by atoms with Crippen LogP contribution in [0.4, 0.5) is 0 Å². The zero-order valence-electron chi connectivity index (χ0n) is 11.9. The molecule has 2 aromatic rings. The molecule has 0 saturated carbocycles. The Bertz CT molecular complexity index is 624. The molecular weight excluding hydrogens is 248 g/mol. The Balaban J connectivity index is 1.92. The molecule has 0 amide bonds. The third-order valence-corrected chi connectivity index (χ3v) is 4.29. The number of nitrogens with one attached hydrogen (secondary N) is 1. The first kappa shape index (κ1) is 13.2. The number of methoxy groups -OCH3 is 1. The SMILES string of the molecule is COc1ccc(C(NN)C2Cc3ccccc32)c(C)c1. The maximum absolute atomic E-state index is 5.83. The van der Waals surface area contributed by atoms with Crippen LogP contribution in [0.1, 0.15) is 34.2 Å². The maximum atomic E-state index is 5.83. The van der Waals surface area contributed by atoms with E-state index < -0.39 is 0 Å². The molecule has 1 aliphatic rings. The van der Waals surface area contributed by atoms with E-state index >= 15 is 0 Å². The molecule has 0 bridgehead atoms. The van der Waals surface area contributed by atoms with Gasteiger partial charge >= 0.3 is 0 Å². The van der Waals surface area contributed by atoms with Crippen molar-refractivity contribution >= 4 is 0 Å².